The number of hydrazine groups is 1. The largest absolute Gasteiger partial charge is 0.497 e. The monoisotopic (exact) mass is 445 g/mol. The number of nitrogens with zero attached hydrogens (tertiary/aromatic N) is 3. The Bertz CT molecular complexity index is 1000. The van der Waals surface area contributed by atoms with Gasteiger partial charge in [-0.3, -0.25) is 19.8 Å². The molecule has 2 N–H and O–H groups in total. The molecule has 10 nitrogen and oxygen atoms in total. The summed E-state index contributed by atoms with van der Waals surface area (Å²) in [5, 5.41) is 0.766. The predicted molar refractivity (Wildman–Crippen MR) is 114 cm³/mol. The number of benzene rings is 1. The van der Waals surface area contributed by atoms with Crippen molar-refractivity contribution in [3.05, 3.63) is 34.8 Å². The van der Waals surface area contributed by atoms with Gasteiger partial charge in [0, 0.05) is 19.2 Å². The van der Waals surface area contributed by atoms with E-state index in [9.17, 15) is 14.4 Å². The van der Waals surface area contributed by atoms with Crippen molar-refractivity contribution < 1.29 is 23.9 Å². The van der Waals surface area contributed by atoms with Gasteiger partial charge in [0.1, 0.15) is 16.7 Å². The molecule has 0 radical (unpaired) electrons. The van der Waals surface area contributed by atoms with Crippen LogP contribution in [0.1, 0.15) is 21.8 Å². The number of carbonyl (C=O) groups is 3. The Labute approximate surface area is 183 Å². The fourth-order valence-electron chi connectivity index (χ4n) is 3.46. The molecule has 1 aromatic heterocycles. The van der Waals surface area contributed by atoms with Crippen molar-refractivity contribution >= 4 is 39.9 Å². The van der Waals surface area contributed by atoms with Crippen molar-refractivity contribution in [2.24, 2.45) is 0 Å². The van der Waals surface area contributed by atoms with Crippen LogP contribution >= 0.6 is 11.3 Å². The second-order valence-electron chi connectivity index (χ2n) is 7.13. The van der Waals surface area contributed by atoms with E-state index in [2.05, 4.69) is 20.7 Å². The van der Waals surface area contributed by atoms with Crippen molar-refractivity contribution in [1.29, 1.82) is 0 Å². The fraction of sp³-hybridized carbons (Fsp3) is 0.400. The maximum Gasteiger partial charge on any atom is 0.277 e. The molecule has 3 amide bonds. The molecule has 0 aliphatic carbocycles. The highest BCUT2D eigenvalue weighted by Gasteiger charge is 2.40. The molecule has 3 heterocycles. The number of imide groups is 1. The number of amides is 3. The van der Waals surface area contributed by atoms with Gasteiger partial charge in [0.15, 0.2) is 5.13 Å². The first-order valence-corrected chi connectivity index (χ1v) is 10.7. The Hall–Kier alpha value is -3.02. The minimum atomic E-state index is -0.852. The van der Waals surface area contributed by atoms with Gasteiger partial charge in [0.05, 0.1) is 38.1 Å². The Morgan fingerprint density at radius 1 is 1.29 bits per heavy atom. The smallest absolute Gasteiger partial charge is 0.277 e. The molecule has 0 saturated carbocycles. The topological polar surface area (TPSA) is 113 Å². The quantitative estimate of drug-likeness (QED) is 0.497. The number of rotatable bonds is 6. The van der Waals surface area contributed by atoms with E-state index in [0.717, 1.165) is 23.1 Å². The number of aromatic nitrogens is 1. The number of nitrogens with one attached hydrogen (secondary N) is 2. The van der Waals surface area contributed by atoms with Crippen molar-refractivity contribution in [3.8, 4) is 5.75 Å². The second-order valence-corrected chi connectivity index (χ2v) is 8.11. The molecule has 4 rings (SSSR count). The van der Waals surface area contributed by atoms with Crippen LogP contribution in [0.25, 0.3) is 0 Å². The normalized spacial score (nSPS) is 19.1. The van der Waals surface area contributed by atoms with E-state index in [1.165, 1.54) is 18.4 Å². The van der Waals surface area contributed by atoms with Gasteiger partial charge in [-0.25, -0.2) is 15.3 Å². The number of thiazole rings is 1. The first kappa shape index (κ1) is 21.2. The molecule has 31 heavy (non-hydrogen) atoms. The average molecular weight is 446 g/mol. The Morgan fingerprint density at radius 3 is 2.81 bits per heavy atom. The molecule has 2 saturated heterocycles. The summed E-state index contributed by atoms with van der Waals surface area (Å²) < 4.78 is 10.5. The lowest BCUT2D eigenvalue weighted by Gasteiger charge is -2.25. The highest BCUT2D eigenvalue weighted by Crippen LogP contribution is 2.28. The van der Waals surface area contributed by atoms with Crippen LogP contribution in [-0.4, -0.2) is 62.2 Å². The van der Waals surface area contributed by atoms with Gasteiger partial charge in [-0.05, 0) is 19.1 Å². The van der Waals surface area contributed by atoms with Crippen molar-refractivity contribution in [1.82, 2.24) is 15.8 Å². The van der Waals surface area contributed by atoms with Crippen LogP contribution in [0.4, 0.5) is 10.8 Å². The molecule has 1 aromatic carbocycles. The number of ether oxygens (including phenoxy) is 2. The maximum absolute atomic E-state index is 12.8. The Morgan fingerprint density at radius 2 is 2.06 bits per heavy atom. The van der Waals surface area contributed by atoms with E-state index in [-0.39, 0.29) is 12.3 Å². The van der Waals surface area contributed by atoms with Gasteiger partial charge in [0.2, 0.25) is 5.91 Å². The molecule has 164 valence electrons. The van der Waals surface area contributed by atoms with Gasteiger partial charge >= 0.3 is 0 Å². The molecule has 1 atom stereocenters. The zero-order valence-corrected chi connectivity index (χ0v) is 18.0. The van der Waals surface area contributed by atoms with Crippen LogP contribution in [0, 0.1) is 6.92 Å². The van der Waals surface area contributed by atoms with E-state index < -0.39 is 17.9 Å². The minimum Gasteiger partial charge on any atom is -0.497 e. The molecule has 2 aliphatic heterocycles. The number of aryl methyl sites for hydroxylation is 1. The molecule has 11 heteroatoms. The van der Waals surface area contributed by atoms with E-state index in [0.29, 0.717) is 35.2 Å². The molecular formula is C20H23N5O5S. The van der Waals surface area contributed by atoms with Crippen molar-refractivity contribution in [2.45, 2.75) is 19.4 Å². The predicted octanol–water partition coefficient (Wildman–Crippen LogP) is 0.863. The van der Waals surface area contributed by atoms with Crippen LogP contribution in [-0.2, 0) is 14.3 Å². The summed E-state index contributed by atoms with van der Waals surface area (Å²) in [6.45, 7) is 4.48. The number of hydrogen-bond donors (Lipinski definition) is 2. The molecular weight excluding hydrogens is 422 g/mol. The lowest BCUT2D eigenvalue weighted by atomic mass is 10.2. The van der Waals surface area contributed by atoms with Gasteiger partial charge in [-0.1, -0.05) is 17.4 Å². The van der Waals surface area contributed by atoms with Gasteiger partial charge in [-0.15, -0.1) is 0 Å². The minimum absolute atomic E-state index is 0.0585. The number of morpholine rings is 1. The Kier molecular flexibility index (Phi) is 6.16. The zero-order chi connectivity index (χ0) is 22.0. The van der Waals surface area contributed by atoms with Gasteiger partial charge < -0.3 is 14.4 Å². The first-order chi connectivity index (χ1) is 15.0. The molecule has 0 bridgehead atoms. The molecule has 2 aromatic rings. The van der Waals surface area contributed by atoms with Crippen LogP contribution in [0.15, 0.2) is 24.3 Å². The van der Waals surface area contributed by atoms with E-state index in [1.54, 1.807) is 31.2 Å². The maximum atomic E-state index is 12.8. The summed E-state index contributed by atoms with van der Waals surface area (Å²) in [6.07, 6.45) is -0.0585. The zero-order valence-electron chi connectivity index (χ0n) is 17.2. The number of anilines is 2. The third-order valence-corrected chi connectivity index (χ3v) is 6.31. The van der Waals surface area contributed by atoms with Crippen LogP contribution in [0.2, 0.25) is 0 Å². The second kappa shape index (κ2) is 9.00. The lowest BCUT2D eigenvalue weighted by molar-refractivity contribution is -0.121. The summed E-state index contributed by atoms with van der Waals surface area (Å²) >= 11 is 1.29. The molecule has 2 fully saturated rings. The Balaban J connectivity index is 1.40. The summed E-state index contributed by atoms with van der Waals surface area (Å²) in [4.78, 5) is 46.0. The summed E-state index contributed by atoms with van der Waals surface area (Å²) in [6, 6.07) is 5.86. The van der Waals surface area contributed by atoms with Gasteiger partial charge in [0.25, 0.3) is 11.8 Å². The van der Waals surface area contributed by atoms with E-state index in [4.69, 9.17) is 9.47 Å². The molecule has 2 aliphatic rings. The van der Waals surface area contributed by atoms with Gasteiger partial charge in [-0.2, -0.15) is 0 Å². The summed E-state index contributed by atoms with van der Waals surface area (Å²) in [7, 11) is 1.51. The molecule has 0 spiro atoms. The third kappa shape index (κ3) is 4.38. The van der Waals surface area contributed by atoms with Crippen LogP contribution < -0.4 is 25.4 Å². The highest BCUT2D eigenvalue weighted by molar-refractivity contribution is 7.17. The summed E-state index contributed by atoms with van der Waals surface area (Å²) in [5.74, 6) is -0.642. The number of carbonyl (C=O) groups excluding carboxylic acids is 3. The average Bonchev–Trinajstić information content (AvgIpc) is 3.31. The first-order valence-electron chi connectivity index (χ1n) is 9.84. The van der Waals surface area contributed by atoms with Crippen LogP contribution in [0.3, 0.4) is 0 Å². The standard InChI is InChI=1S/C20H23N5O5S/c1-12-17(31-20(21-12)24-6-8-30-9-7-24)18(27)23-22-15-11-16(26)25(19(15)28)13-4-3-5-14(10-13)29-2/h3-5,10,15,22H,6-9,11H2,1-2H3,(H,23,27)/t15-/m1/s1. The van der Waals surface area contributed by atoms with Crippen molar-refractivity contribution in [2.75, 3.05) is 43.2 Å². The van der Waals surface area contributed by atoms with Crippen LogP contribution in [0.5, 0.6) is 5.75 Å². The van der Waals surface area contributed by atoms with E-state index >= 15 is 0 Å². The number of methoxy groups -OCH3 is 1. The highest BCUT2D eigenvalue weighted by atomic mass is 32.1. The SMILES string of the molecule is COc1cccc(N2C(=O)C[C@@H](NNC(=O)c3sc(N4CCOCC4)nc3C)C2=O)c1. The fourth-order valence-corrected chi connectivity index (χ4v) is 4.47. The van der Waals surface area contributed by atoms with Crippen molar-refractivity contribution in [3.63, 3.8) is 0 Å². The number of hydrogen-bond acceptors (Lipinski definition) is 9. The third-order valence-electron chi connectivity index (χ3n) is 5.09. The molecule has 0 unspecified atom stereocenters. The lowest BCUT2D eigenvalue weighted by Crippen LogP contribution is -2.48. The van der Waals surface area contributed by atoms with E-state index in [1.807, 2.05) is 0 Å². The summed E-state index contributed by atoms with van der Waals surface area (Å²) in [5.41, 5.74) is 6.30.